The van der Waals surface area contributed by atoms with Crippen molar-refractivity contribution in [3.63, 3.8) is 0 Å². The van der Waals surface area contributed by atoms with Gasteiger partial charge < -0.3 is 9.47 Å². The predicted octanol–water partition coefficient (Wildman–Crippen LogP) is 5.13. The minimum atomic E-state index is -1.48. The Morgan fingerprint density at radius 1 is 0.750 bits per heavy atom. The van der Waals surface area contributed by atoms with Crippen LogP contribution in [0.25, 0.3) is 0 Å². The summed E-state index contributed by atoms with van der Waals surface area (Å²) in [6.45, 7) is 14.8. The lowest BCUT2D eigenvalue weighted by Gasteiger charge is -2.14. The van der Waals surface area contributed by atoms with Crippen LogP contribution < -0.4 is 0 Å². The number of nitrogens with zero attached hydrogens (tertiary/aromatic N) is 2. The molecule has 0 amide bonds. The highest BCUT2D eigenvalue weighted by atomic mass is 32.2. The fraction of sp³-hybridized carbons (Fsp3) is 0.500. The first-order chi connectivity index (χ1) is 16.7. The smallest absolute Gasteiger partial charge is 0.359 e. The van der Waals surface area contributed by atoms with Gasteiger partial charge in [-0.1, -0.05) is 12.1 Å². The summed E-state index contributed by atoms with van der Waals surface area (Å²) in [5.41, 5.74) is 0.278. The molecular weight excluding hydrogens is 541 g/mol. The van der Waals surface area contributed by atoms with Gasteiger partial charge >= 0.3 is 11.9 Å². The van der Waals surface area contributed by atoms with Crippen molar-refractivity contribution in [1.82, 2.24) is 0 Å². The van der Waals surface area contributed by atoms with E-state index in [1.165, 1.54) is 22.7 Å². The molecule has 0 bridgehead atoms. The average molecular weight is 575 g/mol. The van der Waals surface area contributed by atoms with E-state index in [1.807, 2.05) is 64.4 Å². The third-order valence-electron chi connectivity index (χ3n) is 3.84. The molecule has 0 unspecified atom stereocenters. The molecule has 0 aliphatic heterocycles. The fourth-order valence-corrected chi connectivity index (χ4v) is 4.77. The van der Waals surface area contributed by atoms with Crippen LogP contribution in [0.2, 0.25) is 0 Å². The molecule has 0 aliphatic rings. The van der Waals surface area contributed by atoms with Gasteiger partial charge in [0, 0.05) is 0 Å². The van der Waals surface area contributed by atoms with Crippen molar-refractivity contribution in [3.8, 4) is 0 Å². The van der Waals surface area contributed by atoms with E-state index in [4.69, 9.17) is 9.47 Å². The highest BCUT2D eigenvalue weighted by molar-refractivity contribution is 7.85. The molecular formula is C24H34N2O6S4. The Kier molecular flexibility index (Phi) is 13.0. The highest BCUT2D eigenvalue weighted by Gasteiger charge is 2.25. The van der Waals surface area contributed by atoms with Gasteiger partial charge in [0.15, 0.2) is 11.4 Å². The Morgan fingerprint density at radius 3 is 1.31 bits per heavy atom. The van der Waals surface area contributed by atoms with E-state index < -0.39 is 43.4 Å². The zero-order chi connectivity index (χ0) is 27.5. The lowest BCUT2D eigenvalue weighted by Crippen LogP contribution is -2.24. The first-order valence-corrected chi connectivity index (χ1v) is 15.1. The van der Waals surface area contributed by atoms with Crippen molar-refractivity contribution < 1.29 is 27.5 Å². The average Bonchev–Trinajstić information content (AvgIpc) is 3.49. The van der Waals surface area contributed by atoms with Crippen LogP contribution in [0.1, 0.15) is 65.1 Å². The maximum atomic E-state index is 12.0. The van der Waals surface area contributed by atoms with Crippen LogP contribution in [0, 0.1) is 0 Å². The van der Waals surface area contributed by atoms with Crippen molar-refractivity contribution in [1.29, 1.82) is 0 Å². The highest BCUT2D eigenvalue weighted by Crippen LogP contribution is 2.18. The third kappa shape index (κ3) is 10.5. The van der Waals surface area contributed by atoms with Crippen LogP contribution in [0.3, 0.4) is 0 Å². The number of thiophene rings is 2. The molecule has 2 aromatic heterocycles. The zero-order valence-electron chi connectivity index (χ0n) is 21.9. The minimum absolute atomic E-state index is 0.139. The maximum absolute atomic E-state index is 12.0. The summed E-state index contributed by atoms with van der Waals surface area (Å²) < 4.78 is 40.9. The van der Waals surface area contributed by atoms with Crippen LogP contribution in [0.15, 0.2) is 43.8 Å². The summed E-state index contributed by atoms with van der Waals surface area (Å²) in [5.74, 6) is -1.06. The molecule has 0 spiro atoms. The van der Waals surface area contributed by atoms with Crippen molar-refractivity contribution in [3.05, 3.63) is 44.8 Å². The molecule has 36 heavy (non-hydrogen) atoms. The van der Waals surface area contributed by atoms with Gasteiger partial charge in [-0.2, -0.15) is 8.80 Å². The number of carbonyl (C=O) groups is 2. The second kappa shape index (κ2) is 14.7. The van der Waals surface area contributed by atoms with Crippen molar-refractivity contribution in [2.45, 2.75) is 64.9 Å². The molecule has 0 aliphatic carbocycles. The topological polar surface area (TPSA) is 111 Å². The van der Waals surface area contributed by atoms with E-state index in [0.29, 0.717) is 9.75 Å². The van der Waals surface area contributed by atoms with E-state index in [0.717, 1.165) is 0 Å². The molecule has 0 fully saturated rings. The molecule has 0 radical (unpaired) electrons. The van der Waals surface area contributed by atoms with E-state index in [-0.39, 0.29) is 24.6 Å². The van der Waals surface area contributed by atoms with Gasteiger partial charge in [0.05, 0.1) is 32.5 Å². The van der Waals surface area contributed by atoms with Gasteiger partial charge in [0.1, 0.15) is 22.0 Å². The van der Waals surface area contributed by atoms with Gasteiger partial charge in [-0.25, -0.2) is 18.0 Å². The van der Waals surface area contributed by atoms with E-state index >= 15 is 0 Å². The predicted molar refractivity (Wildman–Crippen MR) is 151 cm³/mol. The molecule has 0 saturated heterocycles. The summed E-state index contributed by atoms with van der Waals surface area (Å²) in [6.07, 6.45) is 0. The van der Waals surface area contributed by atoms with Crippen LogP contribution in [0.5, 0.6) is 0 Å². The SMILES string of the molecule is CCOC(=O)/C(=N\[S@@](=O)C(C)(C)C)c1cccs1.CCOC(=O)/C(=N\[S@@](=O)C(C)(C)C)c1cccs1. The van der Waals surface area contributed by atoms with Gasteiger partial charge in [0.2, 0.25) is 0 Å². The zero-order valence-corrected chi connectivity index (χ0v) is 25.1. The Bertz CT molecular complexity index is 1000. The van der Waals surface area contributed by atoms with Crippen LogP contribution in [-0.4, -0.2) is 54.5 Å². The molecule has 2 rings (SSSR count). The summed E-state index contributed by atoms with van der Waals surface area (Å²) in [6, 6.07) is 7.16. The van der Waals surface area contributed by atoms with E-state index in [2.05, 4.69) is 8.80 Å². The van der Waals surface area contributed by atoms with Gasteiger partial charge in [-0.05, 0) is 78.3 Å². The van der Waals surface area contributed by atoms with Crippen LogP contribution >= 0.6 is 22.7 Å². The number of hydrogen-bond acceptors (Lipinski definition) is 8. The van der Waals surface area contributed by atoms with Crippen LogP contribution in [-0.2, 0) is 41.0 Å². The fourth-order valence-electron chi connectivity index (χ4n) is 2.03. The molecule has 2 atom stereocenters. The second-order valence-corrected chi connectivity index (χ2v) is 14.7. The van der Waals surface area contributed by atoms with Gasteiger partial charge in [0.25, 0.3) is 0 Å². The Hall–Kier alpha value is -2.02. The number of rotatable bonds is 8. The van der Waals surface area contributed by atoms with Crippen molar-refractivity contribution in [2.75, 3.05) is 13.2 Å². The van der Waals surface area contributed by atoms with E-state index in [9.17, 15) is 18.0 Å². The van der Waals surface area contributed by atoms with Gasteiger partial charge in [-0.3, -0.25) is 0 Å². The standard InChI is InChI=1S/2C12H17NO3S2/c2*1-5-16-11(14)10(9-7-6-8-17-9)13-18(15)12(2,3)4/h2*6-8H,5H2,1-4H3/b2*13-10-/t2*18-/m00/s1. The summed E-state index contributed by atoms with van der Waals surface area (Å²) in [4.78, 5) is 25.0. The lowest BCUT2D eigenvalue weighted by atomic mass is 10.3. The first-order valence-electron chi connectivity index (χ1n) is 11.2. The molecule has 0 aromatic carbocycles. The largest absolute Gasteiger partial charge is 0.461 e. The van der Waals surface area contributed by atoms with Crippen molar-refractivity contribution >= 4 is 68.0 Å². The Balaban J connectivity index is 0.000000360. The van der Waals surface area contributed by atoms with Crippen molar-refractivity contribution in [2.24, 2.45) is 8.80 Å². The summed E-state index contributed by atoms with van der Waals surface area (Å²) in [7, 11) is -2.96. The summed E-state index contributed by atoms with van der Waals surface area (Å²) >= 11 is 2.74. The number of carbonyl (C=O) groups excluding carboxylic acids is 2. The molecule has 200 valence electrons. The molecule has 2 heterocycles. The number of hydrogen-bond donors (Lipinski definition) is 0. The molecule has 8 nitrogen and oxygen atoms in total. The maximum Gasteiger partial charge on any atom is 0.359 e. The molecule has 2 aromatic rings. The first kappa shape index (κ1) is 32.0. The number of ether oxygens (including phenoxy) is 2. The lowest BCUT2D eigenvalue weighted by molar-refractivity contribution is -0.135. The van der Waals surface area contributed by atoms with Gasteiger partial charge in [-0.15, -0.1) is 22.7 Å². The normalized spacial score (nSPS) is 14.3. The molecule has 0 N–H and O–H groups in total. The minimum Gasteiger partial charge on any atom is -0.461 e. The third-order valence-corrected chi connectivity index (χ3v) is 8.39. The molecule has 0 saturated carbocycles. The molecule has 12 heteroatoms. The number of esters is 2. The summed E-state index contributed by atoms with van der Waals surface area (Å²) in [5, 5.41) is 3.67. The quantitative estimate of drug-likeness (QED) is 0.319. The van der Waals surface area contributed by atoms with E-state index in [1.54, 1.807) is 26.0 Å². The monoisotopic (exact) mass is 574 g/mol. The van der Waals surface area contributed by atoms with Crippen LogP contribution in [0.4, 0.5) is 0 Å². The second-order valence-electron chi connectivity index (χ2n) is 9.00. The Morgan fingerprint density at radius 2 is 1.08 bits per heavy atom. The Labute approximate surface area is 226 Å².